The maximum Gasteiger partial charge on any atom is 0.269 e. The normalized spacial score (nSPS) is 10.1. The van der Waals surface area contributed by atoms with Crippen molar-refractivity contribution < 1.29 is 14.5 Å². The molecule has 0 saturated carbocycles. The van der Waals surface area contributed by atoms with Crippen LogP contribution in [0.2, 0.25) is 0 Å². The molecule has 0 saturated heterocycles. The minimum atomic E-state index is -0.449. The summed E-state index contributed by atoms with van der Waals surface area (Å²) in [5.41, 5.74) is 1.87. The van der Waals surface area contributed by atoms with E-state index in [2.05, 4.69) is 16.0 Å². The zero-order valence-corrected chi connectivity index (χ0v) is 15.0. The standard InChI is InChI=1S/C19H22N4O4/c1-2-20-19(25)14-5-3-6-16(13-14)22-18(24)7-4-12-21-15-8-10-17(11-9-15)23(26)27/h3,5-6,8-11,13,21H,2,4,7,12H2,1H3,(H,20,25)(H,22,24). The Morgan fingerprint density at radius 3 is 2.48 bits per heavy atom. The van der Waals surface area contributed by atoms with Gasteiger partial charge in [0.05, 0.1) is 4.92 Å². The zero-order valence-electron chi connectivity index (χ0n) is 15.0. The predicted octanol–water partition coefficient (Wildman–Crippen LogP) is 3.18. The van der Waals surface area contributed by atoms with Gasteiger partial charge >= 0.3 is 0 Å². The van der Waals surface area contributed by atoms with Crippen LogP contribution < -0.4 is 16.0 Å². The van der Waals surface area contributed by atoms with Gasteiger partial charge in [-0.25, -0.2) is 0 Å². The summed E-state index contributed by atoms with van der Waals surface area (Å²) in [5, 5.41) is 19.2. The third-order valence-electron chi connectivity index (χ3n) is 3.73. The highest BCUT2D eigenvalue weighted by Gasteiger charge is 2.07. The summed E-state index contributed by atoms with van der Waals surface area (Å²) in [4.78, 5) is 34.0. The Balaban J connectivity index is 1.75. The molecule has 2 aromatic carbocycles. The van der Waals surface area contributed by atoms with E-state index in [1.54, 1.807) is 36.4 Å². The lowest BCUT2D eigenvalue weighted by atomic mass is 10.2. The SMILES string of the molecule is CCNC(=O)c1cccc(NC(=O)CCCNc2ccc([N+](=O)[O-])cc2)c1. The Kier molecular flexibility index (Phi) is 7.30. The van der Waals surface area contributed by atoms with Gasteiger partial charge in [-0.2, -0.15) is 0 Å². The van der Waals surface area contributed by atoms with Crippen molar-refractivity contribution in [2.45, 2.75) is 19.8 Å². The van der Waals surface area contributed by atoms with E-state index in [0.717, 1.165) is 5.69 Å². The molecule has 8 heteroatoms. The van der Waals surface area contributed by atoms with Gasteiger partial charge in [-0.05, 0) is 43.7 Å². The monoisotopic (exact) mass is 370 g/mol. The number of nitro groups is 1. The maximum atomic E-state index is 12.0. The van der Waals surface area contributed by atoms with E-state index in [1.807, 2.05) is 6.92 Å². The maximum absolute atomic E-state index is 12.0. The Morgan fingerprint density at radius 1 is 1.07 bits per heavy atom. The van der Waals surface area contributed by atoms with E-state index < -0.39 is 4.92 Å². The lowest BCUT2D eigenvalue weighted by molar-refractivity contribution is -0.384. The number of nitrogens with zero attached hydrogens (tertiary/aromatic N) is 1. The van der Waals surface area contributed by atoms with Crippen molar-refractivity contribution in [3.8, 4) is 0 Å². The van der Waals surface area contributed by atoms with Gasteiger partial charge in [0.15, 0.2) is 0 Å². The average Bonchev–Trinajstić information content (AvgIpc) is 2.66. The summed E-state index contributed by atoms with van der Waals surface area (Å²) in [6.45, 7) is 2.94. The minimum absolute atomic E-state index is 0.0368. The second-order valence-electron chi connectivity index (χ2n) is 5.82. The molecule has 2 rings (SSSR count). The number of nitrogens with one attached hydrogen (secondary N) is 3. The van der Waals surface area contributed by atoms with E-state index in [-0.39, 0.29) is 17.5 Å². The van der Waals surface area contributed by atoms with Crippen LogP contribution in [0, 0.1) is 10.1 Å². The Hall–Kier alpha value is -3.42. The van der Waals surface area contributed by atoms with Gasteiger partial charge in [0.25, 0.3) is 11.6 Å². The molecular weight excluding hydrogens is 348 g/mol. The molecule has 0 aliphatic heterocycles. The molecular formula is C19H22N4O4. The molecule has 0 unspecified atom stereocenters. The second-order valence-corrected chi connectivity index (χ2v) is 5.82. The van der Waals surface area contributed by atoms with Gasteiger partial charge in [0, 0.05) is 48.6 Å². The molecule has 2 aromatic rings. The molecule has 142 valence electrons. The molecule has 0 atom stereocenters. The molecule has 0 spiro atoms. The van der Waals surface area contributed by atoms with Crippen molar-refractivity contribution in [1.29, 1.82) is 0 Å². The number of rotatable bonds is 9. The molecule has 0 fully saturated rings. The summed E-state index contributed by atoms with van der Waals surface area (Å²) in [5.74, 6) is -0.325. The van der Waals surface area contributed by atoms with Crippen LogP contribution in [0.15, 0.2) is 48.5 Å². The quantitative estimate of drug-likeness (QED) is 0.356. The highest BCUT2D eigenvalue weighted by Crippen LogP contribution is 2.15. The first-order valence-electron chi connectivity index (χ1n) is 8.66. The van der Waals surface area contributed by atoms with Crippen LogP contribution in [0.25, 0.3) is 0 Å². The van der Waals surface area contributed by atoms with E-state index in [0.29, 0.717) is 37.2 Å². The number of carbonyl (C=O) groups is 2. The molecule has 2 amide bonds. The second kappa shape index (κ2) is 9.91. The van der Waals surface area contributed by atoms with E-state index in [9.17, 15) is 19.7 Å². The van der Waals surface area contributed by atoms with E-state index >= 15 is 0 Å². The van der Waals surface area contributed by atoms with Crippen molar-refractivity contribution >= 4 is 28.9 Å². The molecule has 8 nitrogen and oxygen atoms in total. The average molecular weight is 370 g/mol. The van der Waals surface area contributed by atoms with E-state index in [1.165, 1.54) is 12.1 Å². The summed E-state index contributed by atoms with van der Waals surface area (Å²) in [6.07, 6.45) is 0.907. The Morgan fingerprint density at radius 2 is 1.81 bits per heavy atom. The molecule has 0 aliphatic rings. The minimum Gasteiger partial charge on any atom is -0.385 e. The highest BCUT2D eigenvalue weighted by atomic mass is 16.6. The van der Waals surface area contributed by atoms with Gasteiger partial charge in [0.1, 0.15) is 0 Å². The first-order chi connectivity index (χ1) is 13.0. The van der Waals surface area contributed by atoms with Gasteiger partial charge in [-0.3, -0.25) is 19.7 Å². The van der Waals surface area contributed by atoms with Crippen molar-refractivity contribution in [2.24, 2.45) is 0 Å². The summed E-state index contributed by atoms with van der Waals surface area (Å²) >= 11 is 0. The van der Waals surface area contributed by atoms with Crippen LogP contribution in [0.1, 0.15) is 30.1 Å². The van der Waals surface area contributed by atoms with Crippen LogP contribution >= 0.6 is 0 Å². The molecule has 0 aliphatic carbocycles. The third kappa shape index (κ3) is 6.43. The fraction of sp³-hybridized carbons (Fsp3) is 0.263. The Bertz CT molecular complexity index is 806. The van der Waals surface area contributed by atoms with Gasteiger partial charge < -0.3 is 16.0 Å². The van der Waals surface area contributed by atoms with Crippen molar-refractivity contribution in [3.63, 3.8) is 0 Å². The highest BCUT2D eigenvalue weighted by molar-refractivity contribution is 5.97. The topological polar surface area (TPSA) is 113 Å². The Labute approximate surface area is 157 Å². The molecule has 0 radical (unpaired) electrons. The van der Waals surface area contributed by atoms with Crippen LogP contribution in [-0.2, 0) is 4.79 Å². The molecule has 27 heavy (non-hydrogen) atoms. The number of amides is 2. The fourth-order valence-electron chi connectivity index (χ4n) is 2.41. The van der Waals surface area contributed by atoms with Crippen molar-refractivity contribution in [2.75, 3.05) is 23.7 Å². The van der Waals surface area contributed by atoms with Crippen molar-refractivity contribution in [1.82, 2.24) is 5.32 Å². The number of benzene rings is 2. The van der Waals surface area contributed by atoms with Crippen molar-refractivity contribution in [3.05, 3.63) is 64.2 Å². The van der Waals surface area contributed by atoms with E-state index in [4.69, 9.17) is 0 Å². The number of anilines is 2. The lowest BCUT2D eigenvalue weighted by Gasteiger charge is -2.08. The molecule has 0 heterocycles. The first kappa shape index (κ1) is 19.9. The van der Waals surface area contributed by atoms with Crippen LogP contribution in [0.5, 0.6) is 0 Å². The van der Waals surface area contributed by atoms with Gasteiger partial charge in [0.2, 0.25) is 5.91 Å². The lowest BCUT2D eigenvalue weighted by Crippen LogP contribution is -2.22. The number of carbonyl (C=O) groups excluding carboxylic acids is 2. The summed E-state index contributed by atoms with van der Waals surface area (Å²) < 4.78 is 0. The number of hydrogen-bond donors (Lipinski definition) is 3. The molecule has 3 N–H and O–H groups in total. The summed E-state index contributed by atoms with van der Waals surface area (Å²) in [6, 6.07) is 12.9. The third-order valence-corrected chi connectivity index (χ3v) is 3.73. The number of hydrogen-bond acceptors (Lipinski definition) is 5. The fourth-order valence-corrected chi connectivity index (χ4v) is 2.41. The number of nitro benzene ring substituents is 1. The van der Waals surface area contributed by atoms with Crippen LogP contribution in [-0.4, -0.2) is 29.8 Å². The van der Waals surface area contributed by atoms with Gasteiger partial charge in [-0.15, -0.1) is 0 Å². The molecule has 0 aromatic heterocycles. The zero-order chi connectivity index (χ0) is 19.6. The molecule has 0 bridgehead atoms. The first-order valence-corrected chi connectivity index (χ1v) is 8.66. The smallest absolute Gasteiger partial charge is 0.269 e. The predicted molar refractivity (Wildman–Crippen MR) is 104 cm³/mol. The largest absolute Gasteiger partial charge is 0.385 e. The summed E-state index contributed by atoms with van der Waals surface area (Å²) in [7, 11) is 0. The van der Waals surface area contributed by atoms with Gasteiger partial charge in [-0.1, -0.05) is 6.07 Å². The number of non-ortho nitro benzene ring substituents is 1. The van der Waals surface area contributed by atoms with Crippen LogP contribution in [0.3, 0.4) is 0 Å². The van der Waals surface area contributed by atoms with Crippen LogP contribution in [0.4, 0.5) is 17.1 Å².